The Morgan fingerprint density at radius 1 is 1.13 bits per heavy atom. The third-order valence-corrected chi connectivity index (χ3v) is 7.85. The Bertz CT molecular complexity index is 1610. The molecule has 0 bridgehead atoms. The molecule has 5 rings (SSSR count). The molecule has 2 N–H and O–H groups in total. The maximum atomic E-state index is 13.6. The highest BCUT2D eigenvalue weighted by Crippen LogP contribution is 2.37. The molecule has 1 atom stereocenters. The van der Waals surface area contributed by atoms with Crippen molar-refractivity contribution in [1.82, 2.24) is 4.98 Å². The maximum Gasteiger partial charge on any atom is 0.202 e. The number of nitrogens with one attached hydrogen (secondary N) is 1. The van der Waals surface area contributed by atoms with Gasteiger partial charge in [0.2, 0.25) is 5.88 Å². The van der Waals surface area contributed by atoms with E-state index in [4.69, 9.17) is 4.42 Å². The minimum atomic E-state index is -0.225. The number of fused-ring (bicyclic) bond motifs is 1. The quantitative estimate of drug-likeness (QED) is 0.268. The Morgan fingerprint density at radius 2 is 1.87 bits per heavy atom. The number of aldehydes is 1. The van der Waals surface area contributed by atoms with E-state index in [1.54, 1.807) is 18.3 Å². The highest BCUT2D eigenvalue weighted by atomic mass is 16.4. The van der Waals surface area contributed by atoms with Crippen LogP contribution in [0.2, 0.25) is 0 Å². The molecule has 1 fully saturated rings. The molecule has 0 unspecified atom stereocenters. The van der Waals surface area contributed by atoms with Crippen molar-refractivity contribution in [2.45, 2.75) is 53.5 Å². The predicted molar refractivity (Wildman–Crippen MR) is 156 cm³/mol. The van der Waals surface area contributed by atoms with Gasteiger partial charge in [0.05, 0.1) is 33.9 Å². The van der Waals surface area contributed by atoms with Crippen molar-refractivity contribution in [3.05, 3.63) is 81.1 Å². The number of aromatic hydroxyl groups is 1. The SMILES string of the molecule is Cc1cc([C@@H](C)Nc2cccnc2-c2ccc(O)c(C=O)c2)c2oc(N3CCC(C)(C)CC3)c(C)c(=O)c2c1. The molecule has 1 aliphatic heterocycles. The van der Waals surface area contributed by atoms with E-state index in [2.05, 4.69) is 35.1 Å². The summed E-state index contributed by atoms with van der Waals surface area (Å²) >= 11 is 0. The van der Waals surface area contributed by atoms with Crippen molar-refractivity contribution in [3.63, 3.8) is 0 Å². The number of carbonyl (C=O) groups is 1. The minimum absolute atomic E-state index is 0.000728. The molecule has 0 saturated carbocycles. The third kappa shape index (κ3) is 5.13. The molecule has 1 aliphatic rings. The number of anilines is 2. The van der Waals surface area contributed by atoms with Gasteiger partial charge >= 0.3 is 0 Å². The zero-order chi connectivity index (χ0) is 27.9. The molecule has 2 aromatic heterocycles. The number of nitrogens with zero attached hydrogens (tertiary/aromatic N) is 2. The molecule has 0 radical (unpaired) electrons. The summed E-state index contributed by atoms with van der Waals surface area (Å²) in [6, 6.07) is 12.3. The van der Waals surface area contributed by atoms with Crippen molar-refractivity contribution in [3.8, 4) is 17.0 Å². The summed E-state index contributed by atoms with van der Waals surface area (Å²) < 4.78 is 6.59. The predicted octanol–water partition coefficient (Wildman–Crippen LogP) is 6.79. The Labute approximate surface area is 228 Å². The average Bonchev–Trinajstić information content (AvgIpc) is 2.91. The van der Waals surface area contributed by atoms with Gasteiger partial charge in [-0.1, -0.05) is 19.9 Å². The third-order valence-electron chi connectivity index (χ3n) is 7.85. The molecule has 202 valence electrons. The van der Waals surface area contributed by atoms with Crippen LogP contribution < -0.4 is 15.6 Å². The number of aryl methyl sites for hydroxylation is 1. The second kappa shape index (κ2) is 10.2. The van der Waals surface area contributed by atoms with Crippen molar-refractivity contribution in [2.75, 3.05) is 23.3 Å². The molecule has 39 heavy (non-hydrogen) atoms. The monoisotopic (exact) mass is 525 g/mol. The van der Waals surface area contributed by atoms with Crippen LogP contribution in [-0.4, -0.2) is 29.5 Å². The zero-order valence-corrected chi connectivity index (χ0v) is 23.2. The van der Waals surface area contributed by atoms with Gasteiger partial charge in [-0.25, -0.2) is 0 Å². The van der Waals surface area contributed by atoms with E-state index >= 15 is 0 Å². The number of pyridine rings is 1. The second-order valence-corrected chi connectivity index (χ2v) is 11.4. The van der Waals surface area contributed by atoms with Crippen LogP contribution in [0, 0.1) is 19.3 Å². The fourth-order valence-corrected chi connectivity index (χ4v) is 5.35. The number of hydrogen-bond donors (Lipinski definition) is 2. The van der Waals surface area contributed by atoms with Gasteiger partial charge < -0.3 is 19.7 Å². The van der Waals surface area contributed by atoms with Crippen LogP contribution in [0.5, 0.6) is 5.75 Å². The van der Waals surface area contributed by atoms with E-state index in [9.17, 15) is 14.7 Å². The summed E-state index contributed by atoms with van der Waals surface area (Å²) in [6.07, 6.45) is 4.40. The van der Waals surface area contributed by atoms with Gasteiger partial charge in [0.15, 0.2) is 11.7 Å². The van der Waals surface area contributed by atoms with Crippen molar-refractivity contribution in [2.24, 2.45) is 5.41 Å². The first-order chi connectivity index (χ1) is 18.6. The number of aromatic nitrogens is 1. The lowest BCUT2D eigenvalue weighted by atomic mass is 9.82. The summed E-state index contributed by atoms with van der Waals surface area (Å²) in [7, 11) is 0. The minimum Gasteiger partial charge on any atom is -0.507 e. The lowest BCUT2D eigenvalue weighted by Gasteiger charge is -2.37. The Balaban J connectivity index is 1.56. The fourth-order valence-electron chi connectivity index (χ4n) is 5.35. The zero-order valence-electron chi connectivity index (χ0n) is 23.2. The number of benzene rings is 2. The van der Waals surface area contributed by atoms with Crippen molar-refractivity contribution < 1.29 is 14.3 Å². The number of rotatable bonds is 6. The average molecular weight is 526 g/mol. The summed E-state index contributed by atoms with van der Waals surface area (Å²) in [4.78, 5) is 31.7. The number of piperidine rings is 1. The first-order valence-corrected chi connectivity index (χ1v) is 13.4. The molecule has 1 saturated heterocycles. The van der Waals surface area contributed by atoms with E-state index in [0.29, 0.717) is 40.0 Å². The van der Waals surface area contributed by atoms with E-state index in [0.717, 1.165) is 42.7 Å². The summed E-state index contributed by atoms with van der Waals surface area (Å²) in [5.74, 6) is 0.588. The Morgan fingerprint density at radius 3 is 2.59 bits per heavy atom. The van der Waals surface area contributed by atoms with Crippen LogP contribution in [0.4, 0.5) is 11.6 Å². The van der Waals surface area contributed by atoms with Gasteiger partial charge in [-0.15, -0.1) is 0 Å². The topological polar surface area (TPSA) is 95.7 Å². The molecule has 0 aliphatic carbocycles. The standard InChI is InChI=1S/C32H35N3O4/c1-19-15-24(21(3)34-26-7-6-12-33-28(26)22-8-9-27(37)23(17-22)18-36)30-25(16-19)29(38)20(2)31(39-30)35-13-10-32(4,5)11-14-35/h6-9,12,15-18,21,34,37H,10-11,13-14H2,1-5H3/t21-/m1/s1. The highest BCUT2D eigenvalue weighted by Gasteiger charge is 2.29. The number of hydrogen-bond acceptors (Lipinski definition) is 7. The van der Waals surface area contributed by atoms with Gasteiger partial charge in [0, 0.05) is 30.4 Å². The molecule has 7 heteroatoms. The summed E-state index contributed by atoms with van der Waals surface area (Å²) in [5, 5.41) is 14.1. The van der Waals surface area contributed by atoms with Crippen LogP contribution in [0.3, 0.4) is 0 Å². The second-order valence-electron chi connectivity index (χ2n) is 11.4. The first kappa shape index (κ1) is 26.5. The lowest BCUT2D eigenvalue weighted by Crippen LogP contribution is -2.38. The smallest absolute Gasteiger partial charge is 0.202 e. The van der Waals surface area contributed by atoms with Gasteiger partial charge in [0.1, 0.15) is 11.3 Å². The molecular formula is C32H35N3O4. The number of phenolic OH excluding ortho intramolecular Hbond substituents is 1. The molecule has 0 spiro atoms. The van der Waals surface area contributed by atoms with E-state index in [-0.39, 0.29) is 28.2 Å². The van der Waals surface area contributed by atoms with Crippen LogP contribution >= 0.6 is 0 Å². The van der Waals surface area contributed by atoms with Crippen LogP contribution in [0.1, 0.15) is 66.7 Å². The lowest BCUT2D eigenvalue weighted by molar-refractivity contribution is 0.112. The maximum absolute atomic E-state index is 13.6. The summed E-state index contributed by atoms with van der Waals surface area (Å²) in [5.41, 5.74) is 5.70. The first-order valence-electron chi connectivity index (χ1n) is 13.4. The molecule has 4 aromatic rings. The van der Waals surface area contributed by atoms with Crippen LogP contribution in [0.25, 0.3) is 22.2 Å². The highest BCUT2D eigenvalue weighted by molar-refractivity contribution is 5.86. The molecule has 0 amide bonds. The Kier molecular flexibility index (Phi) is 6.93. The number of phenols is 1. The number of carbonyl (C=O) groups excluding carboxylic acids is 1. The van der Waals surface area contributed by atoms with Gasteiger partial charge in [-0.3, -0.25) is 14.6 Å². The largest absolute Gasteiger partial charge is 0.507 e. The molecule has 3 heterocycles. The van der Waals surface area contributed by atoms with E-state index < -0.39 is 0 Å². The summed E-state index contributed by atoms with van der Waals surface area (Å²) in [6.45, 7) is 12.1. The van der Waals surface area contributed by atoms with Gasteiger partial charge in [-0.2, -0.15) is 0 Å². The van der Waals surface area contributed by atoms with E-state index in [1.807, 2.05) is 39.0 Å². The molecule has 2 aromatic carbocycles. The Hall–Kier alpha value is -4.13. The van der Waals surface area contributed by atoms with Gasteiger partial charge in [0.25, 0.3) is 0 Å². The van der Waals surface area contributed by atoms with Gasteiger partial charge in [-0.05, 0) is 81.0 Å². The van der Waals surface area contributed by atoms with E-state index in [1.165, 1.54) is 6.07 Å². The van der Waals surface area contributed by atoms with Crippen molar-refractivity contribution in [1.29, 1.82) is 0 Å². The normalized spacial score (nSPS) is 15.8. The molecular weight excluding hydrogens is 490 g/mol. The van der Waals surface area contributed by atoms with Crippen LogP contribution in [0.15, 0.2) is 57.9 Å². The fraction of sp³-hybridized carbons (Fsp3) is 0.344. The molecule has 7 nitrogen and oxygen atoms in total. The van der Waals surface area contributed by atoms with Crippen molar-refractivity contribution >= 4 is 28.8 Å². The van der Waals surface area contributed by atoms with Crippen LogP contribution in [-0.2, 0) is 0 Å².